The third-order valence-electron chi connectivity index (χ3n) is 6.89. The summed E-state index contributed by atoms with van der Waals surface area (Å²) in [7, 11) is 2.09. The predicted molar refractivity (Wildman–Crippen MR) is 127 cm³/mol. The molecule has 1 fully saturated rings. The number of nitrogens with zero attached hydrogens (tertiary/aromatic N) is 2. The van der Waals surface area contributed by atoms with Gasteiger partial charge in [-0.25, -0.2) is 9.69 Å². The highest BCUT2D eigenvalue weighted by Gasteiger charge is 2.38. The summed E-state index contributed by atoms with van der Waals surface area (Å²) in [5.74, 6) is -0.944. The van der Waals surface area contributed by atoms with Gasteiger partial charge in [-0.3, -0.25) is 14.9 Å². The molecule has 2 aliphatic heterocycles. The maximum Gasteiger partial charge on any atom is 0.335 e. The van der Waals surface area contributed by atoms with Gasteiger partial charge >= 0.3 is 6.03 Å². The second-order valence-electron chi connectivity index (χ2n) is 9.47. The smallest absolute Gasteiger partial charge is 0.335 e. The van der Waals surface area contributed by atoms with E-state index >= 15 is 0 Å². The molecule has 1 N–H and O–H groups in total. The first kappa shape index (κ1) is 21.8. The first-order valence-corrected chi connectivity index (χ1v) is 10.9. The zero-order chi connectivity index (χ0) is 23.4. The van der Waals surface area contributed by atoms with Crippen molar-refractivity contribution in [2.45, 2.75) is 52.5 Å². The topological polar surface area (TPSA) is 69.7 Å². The minimum atomic E-state index is -0.728. The third-order valence-corrected chi connectivity index (χ3v) is 6.89. The van der Waals surface area contributed by atoms with Crippen molar-refractivity contribution in [1.82, 2.24) is 5.32 Å². The van der Waals surface area contributed by atoms with Crippen LogP contribution in [0.2, 0.25) is 0 Å². The molecule has 32 heavy (non-hydrogen) atoms. The number of carbonyl (C=O) groups is 3. The van der Waals surface area contributed by atoms with Crippen molar-refractivity contribution in [2.24, 2.45) is 0 Å². The lowest BCUT2D eigenvalue weighted by Gasteiger charge is -2.45. The van der Waals surface area contributed by atoms with Crippen molar-refractivity contribution < 1.29 is 14.4 Å². The Hall–Kier alpha value is -3.41. The van der Waals surface area contributed by atoms with Gasteiger partial charge in [0.05, 0.1) is 5.69 Å². The molecule has 0 aliphatic carbocycles. The summed E-state index contributed by atoms with van der Waals surface area (Å²) < 4.78 is 0. The molecule has 0 unspecified atom stereocenters. The number of amides is 4. The standard InChI is InChI=1S/C26H29N3O3/c1-15-8-7-9-21(17(15)3)29-24(31)20(23(30)27-25(29)32)13-18-10-11-22-19(12-18)16(2)14-26(4,5)28(22)6/h7-13,16H,14H2,1-6H3,(H,27,30,32)/b20-13+/t16-/m1/s1. The summed E-state index contributed by atoms with van der Waals surface area (Å²) in [6.45, 7) is 10.4. The molecule has 1 atom stereocenters. The Kier molecular flexibility index (Phi) is 5.19. The molecule has 0 radical (unpaired) electrons. The van der Waals surface area contributed by atoms with E-state index in [0.29, 0.717) is 11.6 Å². The number of anilines is 2. The minimum Gasteiger partial charge on any atom is -0.369 e. The van der Waals surface area contributed by atoms with E-state index in [1.807, 2.05) is 38.1 Å². The second-order valence-corrected chi connectivity index (χ2v) is 9.47. The number of carbonyl (C=O) groups excluding carboxylic acids is 3. The molecule has 0 saturated carbocycles. The fourth-order valence-corrected chi connectivity index (χ4v) is 4.71. The van der Waals surface area contributed by atoms with Crippen molar-refractivity contribution in [3.63, 3.8) is 0 Å². The number of rotatable bonds is 2. The number of barbiturate groups is 1. The Labute approximate surface area is 188 Å². The molecule has 2 aromatic carbocycles. The Bertz CT molecular complexity index is 1180. The maximum atomic E-state index is 13.3. The van der Waals surface area contributed by atoms with Crippen molar-refractivity contribution in [2.75, 3.05) is 16.8 Å². The summed E-state index contributed by atoms with van der Waals surface area (Å²) in [5, 5.41) is 2.31. The highest BCUT2D eigenvalue weighted by atomic mass is 16.2. The van der Waals surface area contributed by atoms with Crippen molar-refractivity contribution in [3.05, 3.63) is 64.2 Å². The molecule has 6 heteroatoms. The lowest BCUT2D eigenvalue weighted by molar-refractivity contribution is -0.122. The second kappa shape index (κ2) is 7.62. The molecule has 166 valence electrons. The number of nitrogens with one attached hydrogen (secondary N) is 1. The van der Waals surface area contributed by atoms with E-state index in [0.717, 1.165) is 33.7 Å². The van der Waals surface area contributed by atoms with Crippen LogP contribution in [0.25, 0.3) is 6.08 Å². The Morgan fingerprint density at radius 1 is 1.06 bits per heavy atom. The third kappa shape index (κ3) is 3.49. The Morgan fingerprint density at radius 3 is 2.50 bits per heavy atom. The van der Waals surface area contributed by atoms with E-state index in [-0.39, 0.29) is 11.1 Å². The molecule has 0 aromatic heterocycles. The van der Waals surface area contributed by atoms with E-state index in [1.165, 1.54) is 5.56 Å². The van der Waals surface area contributed by atoms with Gasteiger partial charge in [0.2, 0.25) is 0 Å². The van der Waals surface area contributed by atoms with Crippen LogP contribution in [0.5, 0.6) is 0 Å². The van der Waals surface area contributed by atoms with Crippen LogP contribution in [0.3, 0.4) is 0 Å². The summed E-state index contributed by atoms with van der Waals surface area (Å²) in [4.78, 5) is 41.7. The van der Waals surface area contributed by atoms with Crippen LogP contribution >= 0.6 is 0 Å². The summed E-state index contributed by atoms with van der Waals surface area (Å²) >= 11 is 0. The first-order chi connectivity index (χ1) is 15.0. The van der Waals surface area contributed by atoms with Gasteiger partial charge in [0, 0.05) is 18.3 Å². The first-order valence-electron chi connectivity index (χ1n) is 10.9. The van der Waals surface area contributed by atoms with Crippen LogP contribution in [0.15, 0.2) is 42.0 Å². The van der Waals surface area contributed by atoms with Gasteiger partial charge in [0.25, 0.3) is 11.8 Å². The predicted octanol–water partition coefficient (Wildman–Crippen LogP) is 4.69. The van der Waals surface area contributed by atoms with Crippen LogP contribution in [0.1, 0.15) is 55.4 Å². The molecule has 2 aromatic rings. The molecular weight excluding hydrogens is 402 g/mol. The van der Waals surface area contributed by atoms with Gasteiger partial charge in [0.15, 0.2) is 0 Å². The molecular formula is C26H29N3O3. The summed E-state index contributed by atoms with van der Waals surface area (Å²) in [6, 6.07) is 10.7. The van der Waals surface area contributed by atoms with Crippen LogP contribution in [-0.4, -0.2) is 30.4 Å². The molecule has 2 aliphatic rings. The zero-order valence-electron chi connectivity index (χ0n) is 19.4. The quantitative estimate of drug-likeness (QED) is 0.553. The van der Waals surface area contributed by atoms with Crippen LogP contribution in [0, 0.1) is 13.8 Å². The summed E-state index contributed by atoms with van der Waals surface area (Å²) in [5.41, 5.74) is 5.36. The van der Waals surface area contributed by atoms with Crippen LogP contribution in [-0.2, 0) is 9.59 Å². The van der Waals surface area contributed by atoms with Crippen LogP contribution < -0.4 is 15.1 Å². The largest absolute Gasteiger partial charge is 0.369 e. The molecule has 4 rings (SSSR count). The lowest BCUT2D eigenvalue weighted by Crippen LogP contribution is -2.54. The number of benzene rings is 2. The van der Waals surface area contributed by atoms with Crippen molar-refractivity contribution >= 4 is 35.3 Å². The van der Waals surface area contributed by atoms with Gasteiger partial charge in [-0.2, -0.15) is 0 Å². The van der Waals surface area contributed by atoms with E-state index in [9.17, 15) is 14.4 Å². The Balaban J connectivity index is 1.75. The number of hydrogen-bond acceptors (Lipinski definition) is 4. The number of hydrogen-bond donors (Lipinski definition) is 1. The fourth-order valence-electron chi connectivity index (χ4n) is 4.71. The molecule has 0 spiro atoms. The van der Waals surface area contributed by atoms with Gasteiger partial charge in [0.1, 0.15) is 5.57 Å². The fraction of sp³-hybridized carbons (Fsp3) is 0.346. The average Bonchev–Trinajstić information content (AvgIpc) is 2.72. The lowest BCUT2D eigenvalue weighted by atomic mass is 9.80. The number of aryl methyl sites for hydroxylation is 1. The normalized spacial score (nSPS) is 21.6. The highest BCUT2D eigenvalue weighted by Crippen LogP contribution is 2.42. The van der Waals surface area contributed by atoms with Crippen molar-refractivity contribution in [1.29, 1.82) is 0 Å². The Morgan fingerprint density at radius 2 is 1.78 bits per heavy atom. The van der Waals surface area contributed by atoms with Crippen molar-refractivity contribution in [3.8, 4) is 0 Å². The molecule has 0 bridgehead atoms. The van der Waals surface area contributed by atoms with Crippen LogP contribution in [0.4, 0.5) is 16.2 Å². The van der Waals surface area contributed by atoms with Gasteiger partial charge < -0.3 is 4.90 Å². The van der Waals surface area contributed by atoms with Gasteiger partial charge in [-0.05, 0) is 86.6 Å². The van der Waals surface area contributed by atoms with Gasteiger partial charge in [-0.15, -0.1) is 0 Å². The highest BCUT2D eigenvalue weighted by molar-refractivity contribution is 6.39. The minimum absolute atomic E-state index is 0.0531. The van der Waals surface area contributed by atoms with E-state index in [2.05, 4.69) is 38.0 Å². The molecule has 6 nitrogen and oxygen atoms in total. The molecule has 1 saturated heterocycles. The van der Waals surface area contributed by atoms with E-state index in [4.69, 9.17) is 0 Å². The number of imide groups is 2. The van der Waals surface area contributed by atoms with Gasteiger partial charge in [-0.1, -0.05) is 25.1 Å². The average molecular weight is 432 g/mol. The van der Waals surface area contributed by atoms with E-state index < -0.39 is 17.8 Å². The monoisotopic (exact) mass is 431 g/mol. The maximum absolute atomic E-state index is 13.3. The number of fused-ring (bicyclic) bond motifs is 1. The SMILES string of the molecule is Cc1cccc(N2C(=O)NC(=O)/C(=C\c3ccc4c(c3)[C@H](C)CC(C)(C)N4C)C2=O)c1C. The molecule has 2 heterocycles. The zero-order valence-corrected chi connectivity index (χ0v) is 19.4. The van der Waals surface area contributed by atoms with E-state index in [1.54, 1.807) is 18.2 Å². The summed E-state index contributed by atoms with van der Waals surface area (Å²) in [6.07, 6.45) is 2.58. The molecule has 4 amide bonds. The number of urea groups is 1.